The Morgan fingerprint density at radius 3 is 2.56 bits per heavy atom. The lowest BCUT2D eigenvalue weighted by Crippen LogP contribution is -2.28. The molecule has 7 heteroatoms. The summed E-state index contributed by atoms with van der Waals surface area (Å²) in [6, 6.07) is 15.4. The zero-order valence-corrected chi connectivity index (χ0v) is 16.0. The summed E-state index contributed by atoms with van der Waals surface area (Å²) in [6.45, 7) is 0. The average Bonchev–Trinajstić information content (AvgIpc) is 3.11. The van der Waals surface area contributed by atoms with Crippen molar-refractivity contribution in [3.8, 4) is 5.75 Å². The smallest absolute Gasteiger partial charge is 0.273 e. The summed E-state index contributed by atoms with van der Waals surface area (Å²) < 4.78 is 5.87. The molecule has 1 saturated heterocycles. The molecule has 2 heterocycles. The number of carbonyl (C=O) groups is 1. The van der Waals surface area contributed by atoms with Crippen molar-refractivity contribution in [2.24, 2.45) is 0 Å². The number of nitrogens with zero attached hydrogens (tertiary/aromatic N) is 2. The average molecular weight is 387 g/mol. The van der Waals surface area contributed by atoms with E-state index < -0.39 is 0 Å². The highest BCUT2D eigenvalue weighted by Gasteiger charge is 2.39. The standard InChI is InChI=1S/C18H14N2O2S3/c1-19-13-10-12(22-2)8-9-14(13)24-17(19)15-16(21)20(18(23)25-15)11-6-4-3-5-7-11/h3-10H,1-2H3/b17-15-. The summed E-state index contributed by atoms with van der Waals surface area (Å²) in [6.07, 6.45) is 0. The molecule has 2 aliphatic rings. The van der Waals surface area contributed by atoms with Crippen LogP contribution in [0, 0.1) is 0 Å². The lowest BCUT2D eigenvalue weighted by molar-refractivity contribution is -0.113. The van der Waals surface area contributed by atoms with E-state index in [1.54, 1.807) is 23.8 Å². The quantitative estimate of drug-likeness (QED) is 0.559. The van der Waals surface area contributed by atoms with E-state index in [9.17, 15) is 4.79 Å². The summed E-state index contributed by atoms with van der Waals surface area (Å²) in [5.41, 5.74) is 1.83. The molecular weight excluding hydrogens is 372 g/mol. The second kappa shape index (κ2) is 6.40. The minimum Gasteiger partial charge on any atom is -0.497 e. The van der Waals surface area contributed by atoms with Gasteiger partial charge >= 0.3 is 0 Å². The lowest BCUT2D eigenvalue weighted by atomic mass is 10.3. The first-order valence-corrected chi connectivity index (χ1v) is 9.59. The van der Waals surface area contributed by atoms with Crippen molar-refractivity contribution in [2.45, 2.75) is 4.90 Å². The maximum Gasteiger partial charge on any atom is 0.273 e. The minimum atomic E-state index is -0.0738. The first-order valence-electron chi connectivity index (χ1n) is 7.55. The SMILES string of the molecule is COc1ccc2c(c1)N(C)/C(=C1/SC(=S)N(c3ccccc3)C1=O)S2. The van der Waals surface area contributed by atoms with Crippen LogP contribution < -0.4 is 14.5 Å². The van der Waals surface area contributed by atoms with Gasteiger partial charge in [-0.05, 0) is 24.3 Å². The Bertz CT molecular complexity index is 912. The van der Waals surface area contributed by atoms with Crippen molar-refractivity contribution in [3.63, 3.8) is 0 Å². The number of benzene rings is 2. The van der Waals surface area contributed by atoms with Crippen LogP contribution in [0.25, 0.3) is 0 Å². The lowest BCUT2D eigenvalue weighted by Gasteiger charge is -2.16. The Labute approximate surface area is 159 Å². The molecule has 0 N–H and O–H groups in total. The topological polar surface area (TPSA) is 32.8 Å². The van der Waals surface area contributed by atoms with Crippen LogP contribution >= 0.6 is 35.7 Å². The van der Waals surface area contributed by atoms with Crippen molar-refractivity contribution in [2.75, 3.05) is 24.0 Å². The van der Waals surface area contributed by atoms with Crippen LogP contribution in [0.4, 0.5) is 11.4 Å². The minimum absolute atomic E-state index is 0.0738. The van der Waals surface area contributed by atoms with Gasteiger partial charge in [-0.25, -0.2) is 0 Å². The van der Waals surface area contributed by atoms with Crippen molar-refractivity contribution >= 4 is 57.3 Å². The molecule has 2 aliphatic heterocycles. The summed E-state index contributed by atoms with van der Waals surface area (Å²) in [5.74, 6) is 0.722. The third-order valence-corrected chi connectivity index (χ3v) is 6.74. The van der Waals surface area contributed by atoms with Gasteiger partial charge in [0.15, 0.2) is 4.32 Å². The second-order valence-corrected chi connectivity index (χ2v) is 8.15. The van der Waals surface area contributed by atoms with Gasteiger partial charge in [-0.2, -0.15) is 0 Å². The third-order valence-electron chi connectivity index (χ3n) is 4.02. The normalized spacial score (nSPS) is 19.6. The molecule has 4 nitrogen and oxygen atoms in total. The molecule has 1 fully saturated rings. The Morgan fingerprint density at radius 1 is 1.08 bits per heavy atom. The number of ether oxygens (including phenoxy) is 1. The molecule has 0 aliphatic carbocycles. The Morgan fingerprint density at radius 2 is 1.84 bits per heavy atom. The zero-order chi connectivity index (χ0) is 17.6. The maximum atomic E-state index is 13.0. The predicted octanol–water partition coefficient (Wildman–Crippen LogP) is 4.47. The van der Waals surface area contributed by atoms with E-state index >= 15 is 0 Å². The molecule has 0 spiro atoms. The van der Waals surface area contributed by atoms with Gasteiger partial charge in [-0.1, -0.05) is 53.9 Å². The van der Waals surface area contributed by atoms with E-state index in [2.05, 4.69) is 0 Å². The van der Waals surface area contributed by atoms with Crippen molar-refractivity contribution in [1.82, 2.24) is 0 Å². The summed E-state index contributed by atoms with van der Waals surface area (Å²) in [5, 5.41) is 0.902. The predicted molar refractivity (Wildman–Crippen MR) is 108 cm³/mol. The number of thiocarbonyl (C=S) groups is 1. The Kier molecular flexibility index (Phi) is 4.23. The number of para-hydroxylation sites is 1. The number of hydrogen-bond acceptors (Lipinski definition) is 6. The van der Waals surface area contributed by atoms with Gasteiger partial charge in [0.2, 0.25) is 0 Å². The Hall–Kier alpha value is -1.96. The van der Waals surface area contributed by atoms with Crippen LogP contribution in [0.15, 0.2) is 63.4 Å². The van der Waals surface area contributed by atoms with Crippen LogP contribution in [0.2, 0.25) is 0 Å². The van der Waals surface area contributed by atoms with Gasteiger partial charge in [0.05, 0.1) is 23.5 Å². The van der Waals surface area contributed by atoms with Crippen LogP contribution in [-0.2, 0) is 4.79 Å². The van der Waals surface area contributed by atoms with E-state index in [4.69, 9.17) is 17.0 Å². The first-order chi connectivity index (χ1) is 12.1. The van der Waals surface area contributed by atoms with Gasteiger partial charge in [-0.15, -0.1) is 0 Å². The van der Waals surface area contributed by atoms with E-state index in [-0.39, 0.29) is 5.91 Å². The van der Waals surface area contributed by atoms with Gasteiger partial charge in [0.25, 0.3) is 5.91 Å². The molecular formula is C18H14N2O2S3. The molecule has 2 aromatic rings. The molecule has 0 aromatic heterocycles. The Balaban J connectivity index is 1.73. The second-order valence-electron chi connectivity index (χ2n) is 5.47. The number of anilines is 2. The van der Waals surface area contributed by atoms with E-state index in [1.807, 2.05) is 60.5 Å². The number of methoxy groups -OCH3 is 1. The summed E-state index contributed by atoms with van der Waals surface area (Å²) >= 11 is 8.40. The molecule has 25 heavy (non-hydrogen) atoms. The van der Waals surface area contributed by atoms with E-state index in [1.165, 1.54) is 11.8 Å². The highest BCUT2D eigenvalue weighted by Crippen LogP contribution is 2.51. The monoisotopic (exact) mass is 386 g/mol. The van der Waals surface area contributed by atoms with Crippen LogP contribution in [0.3, 0.4) is 0 Å². The van der Waals surface area contributed by atoms with Gasteiger partial charge in [0, 0.05) is 18.0 Å². The van der Waals surface area contributed by atoms with E-state index in [0.717, 1.165) is 27.0 Å². The molecule has 2 aromatic carbocycles. The molecule has 4 rings (SSSR count). The van der Waals surface area contributed by atoms with Crippen LogP contribution in [0.5, 0.6) is 5.75 Å². The largest absolute Gasteiger partial charge is 0.497 e. The van der Waals surface area contributed by atoms with Crippen LogP contribution in [0.1, 0.15) is 0 Å². The molecule has 0 radical (unpaired) electrons. The molecule has 0 atom stereocenters. The van der Waals surface area contributed by atoms with Gasteiger partial charge in [-0.3, -0.25) is 9.69 Å². The zero-order valence-electron chi connectivity index (χ0n) is 13.6. The molecule has 126 valence electrons. The number of amides is 1. The number of thioether (sulfide) groups is 2. The fourth-order valence-electron chi connectivity index (χ4n) is 2.75. The van der Waals surface area contributed by atoms with Gasteiger partial charge in [0.1, 0.15) is 10.7 Å². The fraction of sp³-hybridized carbons (Fsp3) is 0.111. The van der Waals surface area contributed by atoms with Crippen LogP contribution in [-0.4, -0.2) is 24.4 Å². The van der Waals surface area contributed by atoms with Gasteiger partial charge < -0.3 is 9.64 Å². The molecule has 0 bridgehead atoms. The molecule has 0 saturated carbocycles. The molecule has 1 amide bonds. The van der Waals surface area contributed by atoms with Crippen molar-refractivity contribution in [1.29, 1.82) is 0 Å². The number of carbonyl (C=O) groups excluding carboxylic acids is 1. The number of hydrogen-bond donors (Lipinski definition) is 0. The van der Waals surface area contributed by atoms with Crippen molar-refractivity contribution < 1.29 is 9.53 Å². The summed E-state index contributed by atoms with van der Waals surface area (Å²) in [7, 11) is 3.61. The highest BCUT2D eigenvalue weighted by molar-refractivity contribution is 8.27. The van der Waals surface area contributed by atoms with E-state index in [0.29, 0.717) is 9.23 Å². The maximum absolute atomic E-state index is 13.0. The third kappa shape index (κ3) is 2.72. The molecule has 0 unspecified atom stereocenters. The van der Waals surface area contributed by atoms with Crippen molar-refractivity contribution in [3.05, 3.63) is 58.5 Å². The first kappa shape index (κ1) is 16.5. The fourth-order valence-corrected chi connectivity index (χ4v) is 5.35. The number of rotatable bonds is 2. The summed E-state index contributed by atoms with van der Waals surface area (Å²) in [4.78, 5) is 18.4. The number of fused-ring (bicyclic) bond motifs is 1. The highest BCUT2D eigenvalue weighted by atomic mass is 32.2.